The average Bonchev–Trinajstić information content (AvgIpc) is 2.45. The number of methoxy groups -OCH3 is 3. The Morgan fingerprint density at radius 1 is 0.895 bits per heavy atom. The number of nitrogen functional groups attached to an aromatic ring is 1. The van der Waals surface area contributed by atoms with Gasteiger partial charge in [-0.1, -0.05) is 0 Å². The summed E-state index contributed by atoms with van der Waals surface area (Å²) in [5.41, 5.74) is 6.87. The van der Waals surface area contributed by atoms with Crippen molar-refractivity contribution in [1.82, 2.24) is 15.0 Å². The molecule has 0 saturated carbocycles. The van der Waals surface area contributed by atoms with Gasteiger partial charge in [0.05, 0.1) is 32.6 Å². The number of hydrogen-bond donors (Lipinski definition) is 1. The van der Waals surface area contributed by atoms with Crippen LogP contribution in [0.15, 0.2) is 18.2 Å². The van der Waals surface area contributed by atoms with E-state index in [0.717, 1.165) is 0 Å². The molecule has 7 heteroatoms. The lowest BCUT2D eigenvalue weighted by Gasteiger charge is -2.09. The largest absolute Gasteiger partial charge is 0.481 e. The van der Waals surface area contributed by atoms with Gasteiger partial charge in [0, 0.05) is 12.1 Å². The Hall–Kier alpha value is -2.57. The van der Waals surface area contributed by atoms with Crippen LogP contribution in [-0.2, 0) is 0 Å². The molecule has 2 aromatic rings. The molecule has 0 aliphatic heterocycles. The first kappa shape index (κ1) is 12.9. The molecule has 0 spiro atoms. The van der Waals surface area contributed by atoms with Crippen molar-refractivity contribution in [2.24, 2.45) is 0 Å². The third-order valence-electron chi connectivity index (χ3n) is 2.44. The molecule has 2 heterocycles. The van der Waals surface area contributed by atoms with Crippen LogP contribution in [0.25, 0.3) is 11.3 Å². The summed E-state index contributed by atoms with van der Waals surface area (Å²) in [5.74, 6) is 1.33. The van der Waals surface area contributed by atoms with Crippen molar-refractivity contribution >= 4 is 5.95 Å². The highest BCUT2D eigenvalue weighted by Gasteiger charge is 2.12. The van der Waals surface area contributed by atoms with Gasteiger partial charge in [0.15, 0.2) is 0 Å². The van der Waals surface area contributed by atoms with E-state index in [0.29, 0.717) is 28.9 Å². The predicted octanol–water partition coefficient (Wildman–Crippen LogP) is 1.15. The Morgan fingerprint density at radius 3 is 2.26 bits per heavy atom. The number of rotatable bonds is 4. The van der Waals surface area contributed by atoms with E-state index in [-0.39, 0.29) is 5.95 Å². The van der Waals surface area contributed by atoms with Gasteiger partial charge < -0.3 is 19.9 Å². The lowest BCUT2D eigenvalue weighted by atomic mass is 10.2. The minimum atomic E-state index is 0.118. The lowest BCUT2D eigenvalue weighted by molar-refractivity contribution is 0.365. The highest BCUT2D eigenvalue weighted by atomic mass is 16.5. The van der Waals surface area contributed by atoms with Crippen molar-refractivity contribution < 1.29 is 14.2 Å². The molecule has 0 bridgehead atoms. The zero-order chi connectivity index (χ0) is 13.8. The van der Waals surface area contributed by atoms with Crippen LogP contribution in [0, 0.1) is 0 Å². The van der Waals surface area contributed by atoms with E-state index in [4.69, 9.17) is 19.9 Å². The van der Waals surface area contributed by atoms with Gasteiger partial charge in [0.1, 0.15) is 0 Å². The van der Waals surface area contributed by atoms with Crippen LogP contribution in [0.2, 0.25) is 0 Å². The molecule has 0 unspecified atom stereocenters. The molecular weight excluding hydrogens is 248 g/mol. The molecule has 0 radical (unpaired) electrons. The molecule has 0 aromatic carbocycles. The SMILES string of the molecule is COc1cc(-c2ccc(OC)nc2OC)nc(N)n1. The summed E-state index contributed by atoms with van der Waals surface area (Å²) in [6.07, 6.45) is 0. The molecule has 2 N–H and O–H groups in total. The van der Waals surface area contributed by atoms with Crippen molar-refractivity contribution in [2.75, 3.05) is 27.1 Å². The van der Waals surface area contributed by atoms with E-state index >= 15 is 0 Å². The standard InChI is InChI=1S/C12H14N4O3/c1-17-9-5-4-7(11(15-9)19-3)8-6-10(18-2)16-12(13)14-8/h4-6H,1-3H3,(H2,13,14,16). The first-order valence-electron chi connectivity index (χ1n) is 5.46. The third-order valence-corrected chi connectivity index (χ3v) is 2.44. The van der Waals surface area contributed by atoms with Gasteiger partial charge in [-0.15, -0.1) is 0 Å². The molecule has 7 nitrogen and oxygen atoms in total. The number of nitrogens with zero attached hydrogens (tertiary/aromatic N) is 3. The molecule has 19 heavy (non-hydrogen) atoms. The molecule has 2 aromatic heterocycles. The van der Waals surface area contributed by atoms with E-state index in [1.807, 2.05) is 0 Å². The van der Waals surface area contributed by atoms with Crippen LogP contribution < -0.4 is 19.9 Å². The molecule has 0 amide bonds. The summed E-state index contributed by atoms with van der Waals surface area (Å²) in [5, 5.41) is 0. The first-order valence-corrected chi connectivity index (χ1v) is 5.46. The Bertz CT molecular complexity index is 589. The van der Waals surface area contributed by atoms with Crippen LogP contribution in [0.5, 0.6) is 17.6 Å². The van der Waals surface area contributed by atoms with Gasteiger partial charge in [-0.05, 0) is 6.07 Å². The van der Waals surface area contributed by atoms with E-state index < -0.39 is 0 Å². The second-order valence-electron chi connectivity index (χ2n) is 3.56. The maximum Gasteiger partial charge on any atom is 0.226 e. The van der Waals surface area contributed by atoms with E-state index in [1.165, 1.54) is 21.3 Å². The fraction of sp³-hybridized carbons (Fsp3) is 0.250. The van der Waals surface area contributed by atoms with E-state index in [9.17, 15) is 0 Å². The number of hydrogen-bond acceptors (Lipinski definition) is 7. The average molecular weight is 262 g/mol. The lowest BCUT2D eigenvalue weighted by Crippen LogP contribution is -2.01. The molecular formula is C12H14N4O3. The predicted molar refractivity (Wildman–Crippen MR) is 69.3 cm³/mol. The summed E-state index contributed by atoms with van der Waals surface area (Å²) >= 11 is 0. The minimum Gasteiger partial charge on any atom is -0.481 e. The number of aromatic nitrogens is 3. The van der Waals surface area contributed by atoms with E-state index in [1.54, 1.807) is 18.2 Å². The maximum absolute atomic E-state index is 5.63. The number of nitrogens with two attached hydrogens (primary N) is 1. The topological polar surface area (TPSA) is 92.4 Å². The zero-order valence-corrected chi connectivity index (χ0v) is 10.9. The fourth-order valence-electron chi connectivity index (χ4n) is 1.57. The molecule has 0 saturated heterocycles. The maximum atomic E-state index is 5.63. The third kappa shape index (κ3) is 2.65. The van der Waals surface area contributed by atoms with Gasteiger partial charge in [-0.2, -0.15) is 9.97 Å². The smallest absolute Gasteiger partial charge is 0.226 e. The number of pyridine rings is 1. The van der Waals surface area contributed by atoms with Crippen molar-refractivity contribution in [3.05, 3.63) is 18.2 Å². The molecule has 2 rings (SSSR count). The minimum absolute atomic E-state index is 0.118. The van der Waals surface area contributed by atoms with Crippen molar-refractivity contribution in [3.8, 4) is 28.9 Å². The van der Waals surface area contributed by atoms with Gasteiger partial charge in [0.2, 0.25) is 23.6 Å². The first-order chi connectivity index (χ1) is 9.17. The molecule has 100 valence electrons. The van der Waals surface area contributed by atoms with Crippen LogP contribution in [-0.4, -0.2) is 36.3 Å². The quantitative estimate of drug-likeness (QED) is 0.883. The number of anilines is 1. The van der Waals surface area contributed by atoms with Crippen LogP contribution in [0.4, 0.5) is 5.95 Å². The van der Waals surface area contributed by atoms with Crippen LogP contribution in [0.3, 0.4) is 0 Å². The van der Waals surface area contributed by atoms with Crippen molar-refractivity contribution in [1.29, 1.82) is 0 Å². The normalized spacial score (nSPS) is 10.1. The van der Waals surface area contributed by atoms with Gasteiger partial charge in [-0.3, -0.25) is 0 Å². The van der Waals surface area contributed by atoms with Gasteiger partial charge >= 0.3 is 0 Å². The Labute approximate surface area is 110 Å². The summed E-state index contributed by atoms with van der Waals surface area (Å²) in [6, 6.07) is 5.15. The Kier molecular flexibility index (Phi) is 3.65. The number of ether oxygens (including phenoxy) is 3. The van der Waals surface area contributed by atoms with Gasteiger partial charge in [0.25, 0.3) is 0 Å². The van der Waals surface area contributed by atoms with Crippen LogP contribution >= 0.6 is 0 Å². The summed E-state index contributed by atoms with van der Waals surface area (Å²) in [4.78, 5) is 12.3. The summed E-state index contributed by atoms with van der Waals surface area (Å²) in [7, 11) is 4.56. The highest BCUT2D eigenvalue weighted by Crippen LogP contribution is 2.30. The zero-order valence-electron chi connectivity index (χ0n) is 10.9. The Morgan fingerprint density at radius 2 is 1.63 bits per heavy atom. The molecule has 0 aliphatic carbocycles. The van der Waals surface area contributed by atoms with Crippen molar-refractivity contribution in [3.63, 3.8) is 0 Å². The second-order valence-corrected chi connectivity index (χ2v) is 3.56. The second kappa shape index (κ2) is 5.38. The summed E-state index contributed by atoms with van der Waals surface area (Å²) in [6.45, 7) is 0. The monoisotopic (exact) mass is 262 g/mol. The van der Waals surface area contributed by atoms with Crippen molar-refractivity contribution in [2.45, 2.75) is 0 Å². The van der Waals surface area contributed by atoms with Gasteiger partial charge in [-0.25, -0.2) is 4.98 Å². The Balaban J connectivity index is 2.54. The molecule has 0 fully saturated rings. The fourth-order valence-corrected chi connectivity index (χ4v) is 1.57. The molecule has 0 aliphatic rings. The molecule has 0 atom stereocenters. The summed E-state index contributed by atoms with van der Waals surface area (Å²) < 4.78 is 15.3. The van der Waals surface area contributed by atoms with E-state index in [2.05, 4.69) is 15.0 Å². The highest BCUT2D eigenvalue weighted by molar-refractivity contribution is 5.67. The van der Waals surface area contributed by atoms with Crippen LogP contribution in [0.1, 0.15) is 0 Å².